The van der Waals surface area contributed by atoms with E-state index in [4.69, 9.17) is 17.3 Å². The van der Waals surface area contributed by atoms with Crippen LogP contribution in [0.1, 0.15) is 19.3 Å². The average Bonchev–Trinajstić information content (AvgIpc) is 2.37. The summed E-state index contributed by atoms with van der Waals surface area (Å²) in [5.41, 5.74) is 6.44. The van der Waals surface area contributed by atoms with Crippen molar-refractivity contribution >= 4 is 29.0 Å². The van der Waals surface area contributed by atoms with Gasteiger partial charge in [0, 0.05) is 37.3 Å². The number of halogens is 1. The number of rotatable bonds is 1. The van der Waals surface area contributed by atoms with Gasteiger partial charge in [-0.1, -0.05) is 11.6 Å². The van der Waals surface area contributed by atoms with E-state index in [-0.39, 0.29) is 5.91 Å². The second-order valence-corrected chi connectivity index (χ2v) is 5.68. The Kier molecular flexibility index (Phi) is 3.22. The van der Waals surface area contributed by atoms with E-state index >= 15 is 0 Å². The molecule has 2 atom stereocenters. The lowest BCUT2D eigenvalue weighted by Gasteiger charge is -2.41. The van der Waals surface area contributed by atoms with Gasteiger partial charge in [0.2, 0.25) is 5.91 Å². The molecule has 2 aliphatic heterocycles. The van der Waals surface area contributed by atoms with Gasteiger partial charge in [-0.05, 0) is 24.8 Å². The molecule has 6 heteroatoms. The molecule has 1 aromatic heterocycles. The molecule has 2 saturated heterocycles. The van der Waals surface area contributed by atoms with Gasteiger partial charge in [-0.2, -0.15) is 0 Å². The van der Waals surface area contributed by atoms with Crippen LogP contribution in [0.4, 0.5) is 11.5 Å². The maximum absolute atomic E-state index is 11.4. The molecule has 19 heavy (non-hydrogen) atoms. The maximum atomic E-state index is 11.4. The predicted molar refractivity (Wildman–Crippen MR) is 75.1 cm³/mol. The van der Waals surface area contributed by atoms with Gasteiger partial charge in [-0.15, -0.1) is 0 Å². The summed E-state index contributed by atoms with van der Waals surface area (Å²) in [6.45, 7) is 1.77. The molecular weight excluding hydrogens is 264 g/mol. The highest BCUT2D eigenvalue weighted by atomic mass is 35.5. The van der Waals surface area contributed by atoms with Gasteiger partial charge >= 0.3 is 0 Å². The minimum atomic E-state index is 0.180. The molecule has 3 heterocycles. The van der Waals surface area contributed by atoms with E-state index in [1.165, 1.54) is 0 Å². The monoisotopic (exact) mass is 280 g/mol. The minimum Gasteiger partial charge on any atom is -0.399 e. The number of fused-ring (bicyclic) bond motifs is 1. The van der Waals surface area contributed by atoms with Crippen LogP contribution in [0, 0.1) is 5.92 Å². The number of hydrogen-bond donors (Lipinski definition) is 2. The molecule has 5 nitrogen and oxygen atoms in total. The molecule has 2 fully saturated rings. The number of nitrogens with zero attached hydrogens (tertiary/aromatic N) is 2. The molecule has 0 spiro atoms. The Bertz CT molecular complexity index is 487. The number of piperidine rings is 2. The van der Waals surface area contributed by atoms with Gasteiger partial charge < -0.3 is 16.0 Å². The van der Waals surface area contributed by atoms with Crippen molar-refractivity contribution in [3.05, 3.63) is 17.3 Å². The van der Waals surface area contributed by atoms with Crippen LogP contribution in [0.5, 0.6) is 0 Å². The topological polar surface area (TPSA) is 71.2 Å². The van der Waals surface area contributed by atoms with Crippen LogP contribution in [0.25, 0.3) is 0 Å². The van der Waals surface area contributed by atoms with Gasteiger partial charge in [-0.25, -0.2) is 4.98 Å². The van der Waals surface area contributed by atoms with Crippen LogP contribution < -0.4 is 16.0 Å². The summed E-state index contributed by atoms with van der Waals surface area (Å²) in [6, 6.07) is 3.82. The normalized spacial score (nSPS) is 26.8. The van der Waals surface area contributed by atoms with Crippen LogP contribution in [-0.4, -0.2) is 30.0 Å². The lowest BCUT2D eigenvalue weighted by molar-refractivity contribution is -0.124. The molecule has 3 N–H and O–H groups in total. The third-order valence-electron chi connectivity index (χ3n) is 3.95. The SMILES string of the molecule is Nc1cc(Cl)nc(N2CCC3NC(=O)CCC3C2)c1. The molecule has 0 aliphatic carbocycles. The van der Waals surface area contributed by atoms with E-state index in [0.29, 0.717) is 29.2 Å². The number of pyridine rings is 1. The van der Waals surface area contributed by atoms with Crippen molar-refractivity contribution < 1.29 is 4.79 Å². The first-order chi connectivity index (χ1) is 9.11. The Morgan fingerprint density at radius 2 is 2.26 bits per heavy atom. The van der Waals surface area contributed by atoms with Gasteiger partial charge in [0.05, 0.1) is 0 Å². The number of nitrogens with one attached hydrogen (secondary N) is 1. The number of carbonyl (C=O) groups is 1. The Morgan fingerprint density at radius 1 is 1.42 bits per heavy atom. The van der Waals surface area contributed by atoms with E-state index in [1.807, 2.05) is 6.07 Å². The molecule has 2 unspecified atom stereocenters. The zero-order chi connectivity index (χ0) is 13.4. The summed E-state index contributed by atoms with van der Waals surface area (Å²) in [5.74, 6) is 1.51. The number of hydrogen-bond acceptors (Lipinski definition) is 4. The Hall–Kier alpha value is -1.49. The second-order valence-electron chi connectivity index (χ2n) is 5.29. The summed E-state index contributed by atoms with van der Waals surface area (Å²) in [5, 5.41) is 3.50. The van der Waals surface area contributed by atoms with Crippen LogP contribution in [0.3, 0.4) is 0 Å². The van der Waals surface area contributed by atoms with Crippen molar-refractivity contribution in [2.45, 2.75) is 25.3 Å². The largest absolute Gasteiger partial charge is 0.399 e. The molecule has 0 bridgehead atoms. The van der Waals surface area contributed by atoms with Gasteiger partial charge in [0.25, 0.3) is 0 Å². The molecule has 0 radical (unpaired) electrons. The second kappa shape index (κ2) is 4.89. The Balaban J connectivity index is 1.75. The molecule has 1 aromatic rings. The Morgan fingerprint density at radius 3 is 3.05 bits per heavy atom. The number of nitrogen functional groups attached to an aromatic ring is 1. The van der Waals surface area contributed by atoms with E-state index in [9.17, 15) is 4.79 Å². The summed E-state index contributed by atoms with van der Waals surface area (Å²) in [6.07, 6.45) is 2.52. The number of aromatic nitrogens is 1. The van der Waals surface area contributed by atoms with Crippen molar-refractivity contribution in [2.75, 3.05) is 23.7 Å². The number of amides is 1. The first kappa shape index (κ1) is 12.5. The number of nitrogens with two attached hydrogens (primary N) is 1. The zero-order valence-electron chi connectivity index (χ0n) is 10.6. The van der Waals surface area contributed by atoms with Crippen LogP contribution in [0.15, 0.2) is 12.1 Å². The summed E-state index contributed by atoms with van der Waals surface area (Å²) >= 11 is 5.95. The molecule has 1 amide bonds. The minimum absolute atomic E-state index is 0.180. The smallest absolute Gasteiger partial charge is 0.220 e. The van der Waals surface area contributed by atoms with Crippen LogP contribution in [0.2, 0.25) is 5.15 Å². The summed E-state index contributed by atoms with van der Waals surface area (Å²) < 4.78 is 0. The number of carbonyl (C=O) groups excluding carboxylic acids is 1. The van der Waals surface area contributed by atoms with Crippen LogP contribution in [-0.2, 0) is 4.79 Å². The quantitative estimate of drug-likeness (QED) is 0.763. The average molecular weight is 281 g/mol. The van der Waals surface area contributed by atoms with Crippen molar-refractivity contribution in [1.82, 2.24) is 10.3 Å². The van der Waals surface area contributed by atoms with Gasteiger partial charge in [-0.3, -0.25) is 4.79 Å². The van der Waals surface area contributed by atoms with E-state index in [0.717, 1.165) is 31.7 Å². The van der Waals surface area contributed by atoms with Gasteiger partial charge in [0.15, 0.2) is 0 Å². The van der Waals surface area contributed by atoms with Crippen molar-refractivity contribution in [3.8, 4) is 0 Å². The molecular formula is C13H17ClN4O. The molecule has 0 saturated carbocycles. The van der Waals surface area contributed by atoms with E-state index in [1.54, 1.807) is 6.07 Å². The third-order valence-corrected chi connectivity index (χ3v) is 4.14. The predicted octanol–water partition coefficient (Wildman–Crippen LogP) is 1.42. The molecule has 3 rings (SSSR count). The van der Waals surface area contributed by atoms with E-state index in [2.05, 4.69) is 15.2 Å². The van der Waals surface area contributed by atoms with Crippen molar-refractivity contribution in [1.29, 1.82) is 0 Å². The standard InChI is InChI=1S/C13H17ClN4O/c14-11-5-9(15)6-12(17-11)18-4-3-10-8(7-18)1-2-13(19)16-10/h5-6,8,10H,1-4,7H2,(H2,15,17)(H,16,19). The lowest BCUT2D eigenvalue weighted by Crippen LogP contribution is -2.54. The zero-order valence-corrected chi connectivity index (χ0v) is 11.4. The highest BCUT2D eigenvalue weighted by Crippen LogP contribution is 2.29. The highest BCUT2D eigenvalue weighted by Gasteiger charge is 2.34. The molecule has 102 valence electrons. The van der Waals surface area contributed by atoms with Crippen molar-refractivity contribution in [2.24, 2.45) is 5.92 Å². The van der Waals surface area contributed by atoms with Gasteiger partial charge in [0.1, 0.15) is 11.0 Å². The van der Waals surface area contributed by atoms with Crippen molar-refractivity contribution in [3.63, 3.8) is 0 Å². The van der Waals surface area contributed by atoms with Crippen LogP contribution >= 0.6 is 11.6 Å². The van der Waals surface area contributed by atoms with E-state index < -0.39 is 0 Å². The highest BCUT2D eigenvalue weighted by molar-refractivity contribution is 6.29. The third kappa shape index (κ3) is 2.61. The maximum Gasteiger partial charge on any atom is 0.220 e. The molecule has 2 aliphatic rings. The summed E-state index contributed by atoms with van der Waals surface area (Å²) in [4.78, 5) is 17.9. The number of anilines is 2. The fourth-order valence-electron chi connectivity index (χ4n) is 2.98. The first-order valence-electron chi connectivity index (χ1n) is 6.59. The first-order valence-corrected chi connectivity index (χ1v) is 6.97. The lowest BCUT2D eigenvalue weighted by atomic mass is 9.85. The summed E-state index contributed by atoms with van der Waals surface area (Å²) in [7, 11) is 0. The molecule has 0 aromatic carbocycles. The fraction of sp³-hybridized carbons (Fsp3) is 0.538. The Labute approximate surface area is 117 Å². The fourth-order valence-corrected chi connectivity index (χ4v) is 3.20.